The lowest BCUT2D eigenvalue weighted by atomic mass is 9.57. The Kier molecular flexibility index (Phi) is 5.42. The summed E-state index contributed by atoms with van der Waals surface area (Å²) in [5.74, 6) is 0.838. The Morgan fingerprint density at radius 2 is 2.07 bits per heavy atom. The number of rotatable bonds is 3. The second-order valence-corrected chi connectivity index (χ2v) is 10.5. The van der Waals surface area contributed by atoms with Gasteiger partial charge in [0.05, 0.1) is 17.8 Å². The van der Waals surface area contributed by atoms with E-state index >= 15 is 0 Å². The van der Waals surface area contributed by atoms with Crippen LogP contribution in [0, 0.1) is 29.1 Å². The van der Waals surface area contributed by atoms with Crippen LogP contribution in [-0.2, 0) is 4.79 Å². The van der Waals surface area contributed by atoms with E-state index in [0.29, 0.717) is 24.7 Å². The molecule has 0 radical (unpaired) electrons. The van der Waals surface area contributed by atoms with Crippen molar-refractivity contribution in [1.29, 1.82) is 0 Å². The Labute approximate surface area is 174 Å². The molecule has 0 aliphatic heterocycles. The van der Waals surface area contributed by atoms with Gasteiger partial charge in [-0.05, 0) is 82.1 Å². The van der Waals surface area contributed by atoms with E-state index in [1.54, 1.807) is 19.1 Å². The third kappa shape index (κ3) is 3.68. The highest BCUT2D eigenvalue weighted by Crippen LogP contribution is 2.63. The smallest absolute Gasteiger partial charge is 0.159 e. The lowest BCUT2D eigenvalue weighted by Crippen LogP contribution is -2.45. The maximum atomic E-state index is 13.0. The van der Waals surface area contributed by atoms with Gasteiger partial charge in [-0.3, -0.25) is 4.79 Å². The van der Waals surface area contributed by atoms with E-state index in [4.69, 9.17) is 0 Å². The molecule has 2 saturated carbocycles. The van der Waals surface area contributed by atoms with E-state index in [1.807, 2.05) is 13.0 Å². The second kappa shape index (κ2) is 7.47. The number of aliphatic hydroxyl groups is 3. The first-order chi connectivity index (χ1) is 13.6. The first-order valence-corrected chi connectivity index (χ1v) is 11.3. The molecule has 2 fully saturated rings. The molecule has 4 heteroatoms. The molecule has 0 heterocycles. The monoisotopic (exact) mass is 400 g/mol. The first kappa shape index (κ1) is 21.0. The summed E-state index contributed by atoms with van der Waals surface area (Å²) in [6.07, 6.45) is 12.6. The summed E-state index contributed by atoms with van der Waals surface area (Å²) in [5, 5.41) is 31.1. The highest BCUT2D eigenvalue weighted by Gasteiger charge is 2.57. The number of ketones is 1. The van der Waals surface area contributed by atoms with Gasteiger partial charge in [-0.1, -0.05) is 36.3 Å². The molecule has 4 aliphatic rings. The van der Waals surface area contributed by atoms with Crippen LogP contribution in [0.5, 0.6) is 0 Å². The molecule has 29 heavy (non-hydrogen) atoms. The van der Waals surface area contributed by atoms with Crippen LogP contribution in [-0.4, -0.2) is 38.9 Å². The van der Waals surface area contributed by atoms with E-state index in [1.165, 1.54) is 11.1 Å². The molecular weight excluding hydrogens is 364 g/mol. The lowest BCUT2D eigenvalue weighted by Gasteiger charge is -2.49. The van der Waals surface area contributed by atoms with Crippen molar-refractivity contribution in [2.75, 3.05) is 0 Å². The van der Waals surface area contributed by atoms with Crippen LogP contribution in [0.1, 0.15) is 65.7 Å². The van der Waals surface area contributed by atoms with Crippen molar-refractivity contribution in [2.45, 2.75) is 83.5 Å². The minimum atomic E-state index is -0.973. The summed E-state index contributed by atoms with van der Waals surface area (Å²) in [4.78, 5) is 13.0. The van der Waals surface area contributed by atoms with Crippen LogP contribution in [0.25, 0.3) is 0 Å². The molecule has 4 aliphatic carbocycles. The van der Waals surface area contributed by atoms with Crippen LogP contribution >= 0.6 is 0 Å². The van der Waals surface area contributed by atoms with Crippen molar-refractivity contribution < 1.29 is 20.1 Å². The molecule has 160 valence electrons. The van der Waals surface area contributed by atoms with Gasteiger partial charge < -0.3 is 15.3 Å². The van der Waals surface area contributed by atoms with Crippen molar-refractivity contribution in [1.82, 2.24) is 0 Å². The Balaban J connectivity index is 1.67. The molecule has 0 saturated heterocycles. The van der Waals surface area contributed by atoms with E-state index in [-0.39, 0.29) is 23.0 Å². The Hall–Kier alpha value is -1.23. The van der Waals surface area contributed by atoms with Crippen LogP contribution in [0.15, 0.2) is 35.5 Å². The zero-order valence-electron chi connectivity index (χ0n) is 18.0. The fraction of sp³-hybridized carbons (Fsp3) is 0.720. The summed E-state index contributed by atoms with van der Waals surface area (Å²) < 4.78 is 0. The predicted molar refractivity (Wildman–Crippen MR) is 113 cm³/mol. The third-order valence-corrected chi connectivity index (χ3v) is 8.38. The minimum absolute atomic E-state index is 0.0519. The van der Waals surface area contributed by atoms with Crippen molar-refractivity contribution >= 4 is 5.78 Å². The van der Waals surface area contributed by atoms with Gasteiger partial charge in [0, 0.05) is 11.8 Å². The van der Waals surface area contributed by atoms with Crippen molar-refractivity contribution in [3.05, 3.63) is 35.5 Å². The third-order valence-electron chi connectivity index (χ3n) is 8.38. The van der Waals surface area contributed by atoms with Crippen LogP contribution < -0.4 is 0 Å². The van der Waals surface area contributed by atoms with Gasteiger partial charge in [-0.2, -0.15) is 0 Å². The summed E-state index contributed by atoms with van der Waals surface area (Å²) in [5.41, 5.74) is 1.62. The standard InChI is InChI=1S/C25H36O4/c1-15(26)8-11-25(3,29)23-7-6-21-20-14-22(28)17-12-16(4-5-18(27)13-17)19(20)9-10-24(21,23)2/h4,8,11,14-15,17-19,21,23,26-27,29H,5-7,9-10,12-13H2,1-3H3/b11-8+/t15-,17-,18-,19+,21-,23?,24-,25-/m0/s1. The van der Waals surface area contributed by atoms with E-state index in [2.05, 4.69) is 13.0 Å². The highest BCUT2D eigenvalue weighted by atomic mass is 16.3. The Morgan fingerprint density at radius 1 is 1.31 bits per heavy atom. The van der Waals surface area contributed by atoms with Gasteiger partial charge in [-0.25, -0.2) is 0 Å². The fourth-order valence-electron chi connectivity index (χ4n) is 6.95. The Bertz CT molecular complexity index is 759. The molecule has 0 amide bonds. The quantitative estimate of drug-likeness (QED) is 0.631. The maximum Gasteiger partial charge on any atom is 0.159 e. The normalized spacial score (nSPS) is 42.8. The molecule has 8 atom stereocenters. The van der Waals surface area contributed by atoms with Gasteiger partial charge in [0.2, 0.25) is 0 Å². The molecule has 3 N–H and O–H groups in total. The highest BCUT2D eigenvalue weighted by molar-refractivity contribution is 5.93. The average Bonchev–Trinajstić information content (AvgIpc) is 2.81. The van der Waals surface area contributed by atoms with Gasteiger partial charge in [0.1, 0.15) is 0 Å². The Morgan fingerprint density at radius 3 is 2.79 bits per heavy atom. The molecular formula is C25H36O4. The topological polar surface area (TPSA) is 77.8 Å². The number of fused-ring (bicyclic) bond motifs is 6. The van der Waals surface area contributed by atoms with Gasteiger partial charge in [-0.15, -0.1) is 0 Å². The van der Waals surface area contributed by atoms with Crippen LogP contribution in [0.3, 0.4) is 0 Å². The minimum Gasteiger partial charge on any atom is -0.393 e. The van der Waals surface area contributed by atoms with Crippen LogP contribution in [0.4, 0.5) is 0 Å². The second-order valence-electron chi connectivity index (χ2n) is 10.5. The fourth-order valence-corrected chi connectivity index (χ4v) is 6.95. The number of carbonyl (C=O) groups is 1. The summed E-state index contributed by atoms with van der Waals surface area (Å²) in [7, 11) is 0. The molecule has 0 aromatic rings. The molecule has 0 aromatic heterocycles. The predicted octanol–water partition coefficient (Wildman–Crippen LogP) is 3.71. The summed E-state index contributed by atoms with van der Waals surface area (Å²) in [6, 6.07) is 0. The van der Waals surface area contributed by atoms with E-state index in [0.717, 1.165) is 32.1 Å². The molecule has 2 bridgehead atoms. The number of hydrogen-bond donors (Lipinski definition) is 3. The number of allylic oxidation sites excluding steroid dienone is 3. The zero-order chi connectivity index (χ0) is 21.0. The summed E-state index contributed by atoms with van der Waals surface area (Å²) >= 11 is 0. The summed E-state index contributed by atoms with van der Waals surface area (Å²) in [6.45, 7) is 5.86. The average molecular weight is 401 g/mol. The van der Waals surface area contributed by atoms with Crippen molar-refractivity contribution in [3.8, 4) is 0 Å². The molecule has 0 spiro atoms. The number of hydrogen-bond acceptors (Lipinski definition) is 4. The number of aliphatic hydroxyl groups excluding tert-OH is 2. The first-order valence-electron chi connectivity index (χ1n) is 11.3. The lowest BCUT2D eigenvalue weighted by molar-refractivity contribution is -0.119. The van der Waals surface area contributed by atoms with Crippen LogP contribution in [0.2, 0.25) is 0 Å². The zero-order valence-corrected chi connectivity index (χ0v) is 18.0. The largest absolute Gasteiger partial charge is 0.393 e. The van der Waals surface area contributed by atoms with Gasteiger partial charge >= 0.3 is 0 Å². The molecule has 4 rings (SSSR count). The molecule has 0 aromatic carbocycles. The number of carbonyl (C=O) groups excluding carboxylic acids is 1. The molecule has 4 nitrogen and oxygen atoms in total. The van der Waals surface area contributed by atoms with Crippen molar-refractivity contribution in [2.24, 2.45) is 29.1 Å². The van der Waals surface area contributed by atoms with Gasteiger partial charge in [0.25, 0.3) is 0 Å². The van der Waals surface area contributed by atoms with Crippen molar-refractivity contribution in [3.63, 3.8) is 0 Å². The molecule has 1 unspecified atom stereocenters. The van der Waals surface area contributed by atoms with E-state index in [9.17, 15) is 20.1 Å². The van der Waals surface area contributed by atoms with E-state index < -0.39 is 17.8 Å². The van der Waals surface area contributed by atoms with Gasteiger partial charge in [0.15, 0.2) is 5.78 Å². The maximum absolute atomic E-state index is 13.0. The SMILES string of the molecule is C[C@H](O)/C=C/[C@](C)(O)C1CC[C@H]2C3=CC(=O)[C@H]4CC(=CC[C@H](O)C4)[C@H]3CC[C@]12C.